The highest BCUT2D eigenvalue weighted by Gasteiger charge is 2.03. The zero-order valence-corrected chi connectivity index (χ0v) is 8.74. The first-order chi connectivity index (χ1) is 6.15. The average molecular weight is 194 g/mol. The summed E-state index contributed by atoms with van der Waals surface area (Å²) in [6.07, 6.45) is 0. The third kappa shape index (κ3) is 2.42. The molecule has 1 aromatic carbocycles. The van der Waals surface area contributed by atoms with E-state index in [2.05, 4.69) is 11.4 Å². The van der Waals surface area contributed by atoms with E-state index >= 15 is 0 Å². The molecule has 0 saturated carbocycles. The molecule has 2 nitrogen and oxygen atoms in total. The van der Waals surface area contributed by atoms with E-state index < -0.39 is 0 Å². The average Bonchev–Trinajstić information content (AvgIpc) is 2.04. The van der Waals surface area contributed by atoms with Crippen LogP contribution in [0.5, 0.6) is 0 Å². The zero-order chi connectivity index (χ0) is 9.84. The summed E-state index contributed by atoms with van der Waals surface area (Å²) in [5.41, 5.74) is 8.73. The van der Waals surface area contributed by atoms with Gasteiger partial charge in [-0.1, -0.05) is 18.3 Å². The summed E-state index contributed by atoms with van der Waals surface area (Å²) in [6.45, 7) is 4.97. The molecule has 0 aromatic heterocycles. The van der Waals surface area contributed by atoms with Gasteiger partial charge in [-0.3, -0.25) is 0 Å². The molecule has 3 N–H and O–H groups in total. The Kier molecular flexibility index (Phi) is 3.25. The predicted octanol–water partition coefficient (Wildman–Crippen LogP) is 2.06. The van der Waals surface area contributed by atoms with Crippen molar-refractivity contribution in [3.05, 3.63) is 29.3 Å². The van der Waals surface area contributed by atoms with Crippen LogP contribution < -0.4 is 11.1 Å². The molecule has 0 heterocycles. The van der Waals surface area contributed by atoms with E-state index in [4.69, 9.17) is 18.0 Å². The molecule has 0 radical (unpaired) electrons. The summed E-state index contributed by atoms with van der Waals surface area (Å²) in [4.78, 5) is 0.441. The fourth-order valence-electron chi connectivity index (χ4n) is 1.21. The van der Waals surface area contributed by atoms with Gasteiger partial charge in [0.05, 0.1) is 0 Å². The quantitative estimate of drug-likeness (QED) is 0.723. The Morgan fingerprint density at radius 3 is 2.77 bits per heavy atom. The second kappa shape index (κ2) is 4.23. The van der Waals surface area contributed by atoms with Crippen LogP contribution in [0.2, 0.25) is 0 Å². The van der Waals surface area contributed by atoms with Crippen molar-refractivity contribution < 1.29 is 0 Å². The largest absolute Gasteiger partial charge is 0.389 e. The Morgan fingerprint density at radius 2 is 2.23 bits per heavy atom. The van der Waals surface area contributed by atoms with E-state index in [-0.39, 0.29) is 0 Å². The van der Waals surface area contributed by atoms with Crippen LogP contribution in [0.25, 0.3) is 0 Å². The monoisotopic (exact) mass is 194 g/mol. The Labute approximate surface area is 84.1 Å². The van der Waals surface area contributed by atoms with E-state index in [0.717, 1.165) is 17.8 Å². The Bertz CT molecular complexity index is 321. The Balaban J connectivity index is 3.10. The zero-order valence-electron chi connectivity index (χ0n) is 7.92. The van der Waals surface area contributed by atoms with E-state index in [9.17, 15) is 0 Å². The van der Waals surface area contributed by atoms with Crippen molar-refractivity contribution in [3.8, 4) is 0 Å². The molecule has 0 aliphatic rings. The maximum Gasteiger partial charge on any atom is 0.106 e. The minimum Gasteiger partial charge on any atom is -0.389 e. The molecule has 0 saturated heterocycles. The molecule has 0 unspecified atom stereocenters. The second-order valence-electron chi connectivity index (χ2n) is 2.94. The molecule has 0 amide bonds. The van der Waals surface area contributed by atoms with Crippen LogP contribution in [-0.4, -0.2) is 11.5 Å². The van der Waals surface area contributed by atoms with Gasteiger partial charge in [-0.2, -0.15) is 0 Å². The van der Waals surface area contributed by atoms with Gasteiger partial charge in [0.2, 0.25) is 0 Å². The van der Waals surface area contributed by atoms with Gasteiger partial charge >= 0.3 is 0 Å². The van der Waals surface area contributed by atoms with Crippen molar-refractivity contribution in [2.24, 2.45) is 5.73 Å². The molecular formula is C10H14N2S. The van der Waals surface area contributed by atoms with Crippen LogP contribution >= 0.6 is 12.2 Å². The van der Waals surface area contributed by atoms with Crippen LogP contribution in [0.15, 0.2) is 18.2 Å². The van der Waals surface area contributed by atoms with E-state index in [1.54, 1.807) is 0 Å². The topological polar surface area (TPSA) is 38.0 Å². The van der Waals surface area contributed by atoms with Crippen LogP contribution in [0.4, 0.5) is 5.69 Å². The number of aryl methyl sites for hydroxylation is 1. The number of thiocarbonyl (C=S) groups is 1. The first-order valence-electron chi connectivity index (χ1n) is 4.29. The van der Waals surface area contributed by atoms with Crippen LogP contribution in [-0.2, 0) is 0 Å². The van der Waals surface area contributed by atoms with Crippen molar-refractivity contribution in [1.29, 1.82) is 0 Å². The lowest BCUT2D eigenvalue weighted by molar-refractivity contribution is 1.21. The first-order valence-corrected chi connectivity index (χ1v) is 4.70. The van der Waals surface area contributed by atoms with Crippen molar-refractivity contribution in [3.63, 3.8) is 0 Å². The van der Waals surface area contributed by atoms with Crippen LogP contribution in [0.3, 0.4) is 0 Å². The molecule has 13 heavy (non-hydrogen) atoms. The lowest BCUT2D eigenvalue weighted by Gasteiger charge is -2.10. The van der Waals surface area contributed by atoms with Gasteiger partial charge in [0.15, 0.2) is 0 Å². The lowest BCUT2D eigenvalue weighted by atomic mass is 10.1. The third-order valence-electron chi connectivity index (χ3n) is 1.81. The molecular weight excluding hydrogens is 180 g/mol. The number of hydrogen-bond acceptors (Lipinski definition) is 2. The maximum atomic E-state index is 5.59. The lowest BCUT2D eigenvalue weighted by Crippen LogP contribution is -2.13. The van der Waals surface area contributed by atoms with Crippen molar-refractivity contribution in [2.75, 3.05) is 11.9 Å². The highest BCUT2D eigenvalue weighted by Crippen LogP contribution is 2.16. The summed E-state index contributed by atoms with van der Waals surface area (Å²) in [7, 11) is 0. The molecule has 0 aliphatic heterocycles. The fraction of sp³-hybridized carbons (Fsp3) is 0.300. The van der Waals surface area contributed by atoms with Gasteiger partial charge in [0.25, 0.3) is 0 Å². The van der Waals surface area contributed by atoms with Crippen molar-refractivity contribution in [2.45, 2.75) is 13.8 Å². The number of nitrogens with two attached hydrogens (primary N) is 1. The molecule has 0 spiro atoms. The van der Waals surface area contributed by atoms with E-state index in [1.807, 2.05) is 26.0 Å². The minimum absolute atomic E-state index is 0.441. The number of benzene rings is 1. The van der Waals surface area contributed by atoms with Crippen molar-refractivity contribution >= 4 is 22.9 Å². The van der Waals surface area contributed by atoms with Gasteiger partial charge in [-0.25, -0.2) is 0 Å². The van der Waals surface area contributed by atoms with E-state index in [0.29, 0.717) is 4.99 Å². The SMILES string of the molecule is CCNc1cc(C)ccc1C(N)=S. The predicted molar refractivity (Wildman–Crippen MR) is 61.2 cm³/mol. The smallest absolute Gasteiger partial charge is 0.106 e. The molecule has 1 aromatic rings. The summed E-state index contributed by atoms with van der Waals surface area (Å²) in [5, 5.41) is 3.23. The highest BCUT2D eigenvalue weighted by molar-refractivity contribution is 7.80. The van der Waals surface area contributed by atoms with Gasteiger partial charge in [-0.05, 0) is 31.5 Å². The van der Waals surface area contributed by atoms with E-state index in [1.165, 1.54) is 5.56 Å². The Morgan fingerprint density at radius 1 is 1.54 bits per heavy atom. The van der Waals surface area contributed by atoms with Gasteiger partial charge < -0.3 is 11.1 Å². The highest BCUT2D eigenvalue weighted by atomic mass is 32.1. The molecule has 3 heteroatoms. The first kappa shape index (κ1) is 9.99. The molecule has 1 rings (SSSR count). The fourth-order valence-corrected chi connectivity index (χ4v) is 1.39. The number of hydrogen-bond donors (Lipinski definition) is 2. The molecule has 0 aliphatic carbocycles. The number of rotatable bonds is 3. The van der Waals surface area contributed by atoms with Crippen molar-refractivity contribution in [1.82, 2.24) is 0 Å². The van der Waals surface area contributed by atoms with Gasteiger partial charge in [-0.15, -0.1) is 0 Å². The molecule has 70 valence electrons. The Hall–Kier alpha value is -1.09. The third-order valence-corrected chi connectivity index (χ3v) is 2.03. The van der Waals surface area contributed by atoms with Crippen LogP contribution in [0.1, 0.15) is 18.1 Å². The van der Waals surface area contributed by atoms with Crippen LogP contribution in [0, 0.1) is 6.92 Å². The molecule has 0 fully saturated rings. The standard InChI is InChI=1S/C10H14N2S/c1-3-12-9-6-7(2)4-5-8(9)10(11)13/h4-6,12H,3H2,1-2H3,(H2,11,13). The minimum atomic E-state index is 0.441. The normalized spacial score (nSPS) is 9.69. The molecule has 0 atom stereocenters. The van der Waals surface area contributed by atoms with Gasteiger partial charge in [0, 0.05) is 17.8 Å². The summed E-state index contributed by atoms with van der Waals surface area (Å²) in [5.74, 6) is 0. The number of anilines is 1. The summed E-state index contributed by atoms with van der Waals surface area (Å²) >= 11 is 4.94. The van der Waals surface area contributed by atoms with Gasteiger partial charge in [0.1, 0.15) is 4.99 Å². The summed E-state index contributed by atoms with van der Waals surface area (Å²) in [6, 6.07) is 6.02. The number of nitrogens with one attached hydrogen (secondary N) is 1. The molecule has 0 bridgehead atoms. The summed E-state index contributed by atoms with van der Waals surface area (Å²) < 4.78 is 0. The maximum absolute atomic E-state index is 5.59. The second-order valence-corrected chi connectivity index (χ2v) is 3.38.